The quantitative estimate of drug-likeness (QED) is 0.485. The third kappa shape index (κ3) is 3.54. The lowest BCUT2D eigenvalue weighted by molar-refractivity contribution is 0.467. The normalized spacial score (nSPS) is 15.2. The molecule has 1 saturated carbocycles. The minimum Gasteiger partial charge on any atom is -0.268 e. The fourth-order valence-electron chi connectivity index (χ4n) is 3.81. The molecule has 1 N–H and O–H groups in total. The van der Waals surface area contributed by atoms with Crippen molar-refractivity contribution >= 4 is 36.7 Å². The Labute approximate surface area is 173 Å². The van der Waals surface area contributed by atoms with Crippen molar-refractivity contribution < 1.29 is 8.42 Å². The average Bonchev–Trinajstić information content (AvgIpc) is 3.46. The monoisotopic (exact) mass is 424 g/mol. The molecule has 1 fully saturated rings. The van der Waals surface area contributed by atoms with Gasteiger partial charge in [-0.1, -0.05) is 66.6 Å². The molecule has 0 aliphatic heterocycles. The van der Waals surface area contributed by atoms with Gasteiger partial charge in [-0.25, -0.2) is 13.4 Å². The van der Waals surface area contributed by atoms with E-state index >= 15 is 0 Å². The van der Waals surface area contributed by atoms with E-state index in [2.05, 4.69) is 9.71 Å². The smallest absolute Gasteiger partial charge is 0.267 e. The number of benzene rings is 2. The van der Waals surface area contributed by atoms with Crippen LogP contribution >= 0.6 is 11.3 Å². The summed E-state index contributed by atoms with van der Waals surface area (Å²) >= 11 is 1.32. The predicted molar refractivity (Wildman–Crippen MR) is 116 cm³/mol. The van der Waals surface area contributed by atoms with Crippen LogP contribution in [0.3, 0.4) is 0 Å². The van der Waals surface area contributed by atoms with E-state index in [1.807, 2.05) is 59.3 Å². The molecule has 0 unspecified atom stereocenters. The van der Waals surface area contributed by atoms with Crippen molar-refractivity contribution in [3.63, 3.8) is 0 Å². The number of nitrogens with one attached hydrogen (secondary N) is 1. The third-order valence-corrected chi connectivity index (χ3v) is 7.67. The maximum absolute atomic E-state index is 13.3. The Hall–Kier alpha value is -2.71. The van der Waals surface area contributed by atoms with Crippen molar-refractivity contribution in [2.45, 2.75) is 36.6 Å². The highest BCUT2D eigenvalue weighted by atomic mass is 32.2. The lowest BCUT2D eigenvalue weighted by Gasteiger charge is -2.08. The van der Waals surface area contributed by atoms with Crippen LogP contribution in [-0.2, 0) is 10.0 Å². The first kappa shape index (κ1) is 18.3. The van der Waals surface area contributed by atoms with E-state index in [0.29, 0.717) is 10.8 Å². The summed E-state index contributed by atoms with van der Waals surface area (Å²) in [5.41, 5.74) is 2.04. The largest absolute Gasteiger partial charge is 0.268 e. The second-order valence-electron chi connectivity index (χ2n) is 7.22. The van der Waals surface area contributed by atoms with Crippen LogP contribution in [0.25, 0.3) is 21.5 Å². The number of fused-ring (bicyclic) bond motifs is 1. The summed E-state index contributed by atoms with van der Waals surface area (Å²) in [5, 5.41) is 5.05. The average molecular weight is 425 g/mol. The van der Waals surface area contributed by atoms with Crippen molar-refractivity contribution in [1.82, 2.24) is 14.8 Å². The van der Waals surface area contributed by atoms with E-state index in [0.717, 1.165) is 41.5 Å². The molecule has 5 rings (SSSR count). The lowest BCUT2D eigenvalue weighted by atomic mass is 10.2. The van der Waals surface area contributed by atoms with Gasteiger partial charge >= 0.3 is 0 Å². The van der Waals surface area contributed by atoms with Crippen molar-refractivity contribution in [3.8, 4) is 11.3 Å². The summed E-state index contributed by atoms with van der Waals surface area (Å²) < 4.78 is 32.0. The zero-order valence-corrected chi connectivity index (χ0v) is 17.3. The van der Waals surface area contributed by atoms with Crippen LogP contribution in [0.2, 0.25) is 0 Å². The van der Waals surface area contributed by atoms with E-state index in [4.69, 9.17) is 5.10 Å². The standard InChI is InChI=1S/C21H20N4O2S2/c26-29(27,24-21-22-17-12-6-7-13-18(17)28-21)19-14-25(16-10-4-5-11-16)23-20(19)15-8-2-1-3-9-15/h1-3,6-9,12-14,16H,4-5,10-11H2,(H,22,24). The van der Waals surface area contributed by atoms with Gasteiger partial charge in [0, 0.05) is 11.8 Å². The molecule has 8 heteroatoms. The lowest BCUT2D eigenvalue weighted by Crippen LogP contribution is -2.13. The molecule has 6 nitrogen and oxygen atoms in total. The third-order valence-electron chi connectivity index (χ3n) is 5.25. The molecule has 148 valence electrons. The van der Waals surface area contributed by atoms with E-state index in [1.165, 1.54) is 11.3 Å². The summed E-state index contributed by atoms with van der Waals surface area (Å²) in [7, 11) is -3.83. The molecular formula is C21H20N4O2S2. The molecule has 0 amide bonds. The summed E-state index contributed by atoms with van der Waals surface area (Å²) in [6.07, 6.45) is 6.03. The van der Waals surface area contributed by atoms with E-state index in [9.17, 15) is 8.42 Å². The number of rotatable bonds is 5. The molecule has 0 atom stereocenters. The number of para-hydroxylation sites is 1. The molecule has 0 bridgehead atoms. The van der Waals surface area contributed by atoms with Crippen LogP contribution in [0.1, 0.15) is 31.7 Å². The number of anilines is 1. The number of nitrogens with zero attached hydrogens (tertiary/aromatic N) is 3. The van der Waals surface area contributed by atoms with Gasteiger partial charge in [0.2, 0.25) is 0 Å². The van der Waals surface area contributed by atoms with Gasteiger partial charge in [-0.3, -0.25) is 9.40 Å². The Morgan fingerprint density at radius 1 is 1.00 bits per heavy atom. The first-order chi connectivity index (χ1) is 14.1. The fraction of sp³-hybridized carbons (Fsp3) is 0.238. The fourth-order valence-corrected chi connectivity index (χ4v) is 6.07. The molecule has 0 saturated heterocycles. The van der Waals surface area contributed by atoms with Crippen molar-refractivity contribution in [1.29, 1.82) is 0 Å². The van der Waals surface area contributed by atoms with E-state index in [1.54, 1.807) is 6.20 Å². The Kier molecular flexibility index (Phi) is 4.60. The van der Waals surface area contributed by atoms with E-state index in [-0.39, 0.29) is 10.9 Å². The van der Waals surface area contributed by atoms with Gasteiger partial charge in [-0.05, 0) is 25.0 Å². The van der Waals surface area contributed by atoms with Gasteiger partial charge in [-0.2, -0.15) is 5.10 Å². The molecule has 0 spiro atoms. The number of thiazole rings is 1. The molecule has 4 aromatic rings. The predicted octanol–water partition coefficient (Wildman–Crippen LogP) is 5.08. The highest BCUT2D eigenvalue weighted by Crippen LogP contribution is 2.34. The van der Waals surface area contributed by atoms with Gasteiger partial charge < -0.3 is 0 Å². The maximum atomic E-state index is 13.3. The SMILES string of the molecule is O=S(=O)(Nc1nc2ccccc2s1)c1cn(C2CCCC2)nc1-c1ccccc1. The van der Waals surface area contributed by atoms with Crippen LogP contribution in [0, 0.1) is 0 Å². The Morgan fingerprint density at radius 2 is 1.72 bits per heavy atom. The summed E-state index contributed by atoms with van der Waals surface area (Å²) in [4.78, 5) is 4.60. The Bertz CT molecular complexity index is 1220. The summed E-state index contributed by atoms with van der Waals surface area (Å²) in [6, 6.07) is 17.3. The second-order valence-corrected chi connectivity index (χ2v) is 9.90. The highest BCUT2D eigenvalue weighted by molar-refractivity contribution is 7.93. The van der Waals surface area contributed by atoms with Gasteiger partial charge in [0.25, 0.3) is 10.0 Å². The second kappa shape index (κ2) is 7.27. The topological polar surface area (TPSA) is 76.9 Å². The van der Waals surface area contributed by atoms with Gasteiger partial charge in [0.05, 0.1) is 16.3 Å². The van der Waals surface area contributed by atoms with Crippen molar-refractivity contribution in [2.75, 3.05) is 4.72 Å². The number of sulfonamides is 1. The Morgan fingerprint density at radius 3 is 2.48 bits per heavy atom. The van der Waals surface area contributed by atoms with Gasteiger partial charge in [0.15, 0.2) is 5.13 Å². The minimum absolute atomic E-state index is 0.190. The van der Waals surface area contributed by atoms with Gasteiger partial charge in [-0.15, -0.1) is 0 Å². The van der Waals surface area contributed by atoms with Crippen LogP contribution in [0.5, 0.6) is 0 Å². The summed E-state index contributed by atoms with van der Waals surface area (Å²) in [6.45, 7) is 0. The van der Waals surface area contributed by atoms with Crippen molar-refractivity contribution in [2.24, 2.45) is 0 Å². The highest BCUT2D eigenvalue weighted by Gasteiger charge is 2.28. The zero-order chi connectivity index (χ0) is 19.8. The number of hydrogen-bond donors (Lipinski definition) is 1. The molecule has 1 aliphatic carbocycles. The molecule has 1 aliphatic rings. The molecule has 29 heavy (non-hydrogen) atoms. The molecular weight excluding hydrogens is 404 g/mol. The van der Waals surface area contributed by atoms with Crippen LogP contribution in [0.15, 0.2) is 65.7 Å². The van der Waals surface area contributed by atoms with E-state index < -0.39 is 10.0 Å². The van der Waals surface area contributed by atoms with Crippen LogP contribution < -0.4 is 4.72 Å². The minimum atomic E-state index is -3.83. The first-order valence-corrected chi connectivity index (χ1v) is 11.9. The van der Waals surface area contributed by atoms with Crippen LogP contribution in [0.4, 0.5) is 5.13 Å². The molecule has 2 heterocycles. The Balaban J connectivity index is 1.57. The number of aromatic nitrogens is 3. The number of hydrogen-bond acceptors (Lipinski definition) is 5. The van der Waals surface area contributed by atoms with Gasteiger partial charge in [0.1, 0.15) is 10.6 Å². The molecule has 2 aromatic carbocycles. The first-order valence-electron chi connectivity index (χ1n) is 9.63. The van der Waals surface area contributed by atoms with Crippen molar-refractivity contribution in [3.05, 3.63) is 60.8 Å². The molecule has 2 aromatic heterocycles. The summed E-state index contributed by atoms with van der Waals surface area (Å²) in [5.74, 6) is 0. The maximum Gasteiger partial charge on any atom is 0.267 e. The van der Waals surface area contributed by atoms with Crippen LogP contribution in [-0.4, -0.2) is 23.2 Å². The zero-order valence-electron chi connectivity index (χ0n) is 15.7. The molecule has 0 radical (unpaired) electrons.